The van der Waals surface area contributed by atoms with Crippen LogP contribution in [0.2, 0.25) is 0 Å². The van der Waals surface area contributed by atoms with E-state index < -0.39 is 5.97 Å². The van der Waals surface area contributed by atoms with E-state index in [2.05, 4.69) is 22.1 Å². The number of carbonyl (C=O) groups is 1. The molecule has 7 heteroatoms. The van der Waals surface area contributed by atoms with E-state index in [0.717, 1.165) is 25.5 Å². The number of carboxylic acids is 1. The van der Waals surface area contributed by atoms with Gasteiger partial charge in [-0.05, 0) is 32.9 Å². The minimum Gasteiger partial charge on any atom is -0.481 e. The average Bonchev–Trinajstić information content (AvgIpc) is 2.85. The third-order valence-corrected chi connectivity index (χ3v) is 4.11. The molecule has 0 radical (unpaired) electrons. The zero-order valence-corrected chi connectivity index (χ0v) is 11.5. The number of aliphatic carboxylic acids is 1. The minimum atomic E-state index is -0.826. The minimum absolute atomic E-state index is 0.0305. The van der Waals surface area contributed by atoms with Crippen molar-refractivity contribution < 1.29 is 9.90 Å². The summed E-state index contributed by atoms with van der Waals surface area (Å²) in [5, 5.41) is 17.5. The highest BCUT2D eigenvalue weighted by Gasteiger charge is 2.22. The molecule has 1 fully saturated rings. The van der Waals surface area contributed by atoms with Crippen molar-refractivity contribution >= 4 is 17.7 Å². The molecule has 1 saturated heterocycles. The predicted molar refractivity (Wildman–Crippen MR) is 68.7 cm³/mol. The number of hydrogen-bond donors (Lipinski definition) is 1. The second-order valence-corrected chi connectivity index (χ2v) is 5.68. The molecule has 1 unspecified atom stereocenters. The number of aryl methyl sites for hydroxylation is 1. The first-order chi connectivity index (χ1) is 8.56. The monoisotopic (exact) mass is 270 g/mol. The molecule has 2 heterocycles. The molecule has 0 aliphatic carbocycles. The van der Waals surface area contributed by atoms with Gasteiger partial charge in [0.2, 0.25) is 0 Å². The molecular weight excluding hydrogens is 252 g/mol. The van der Waals surface area contributed by atoms with Crippen LogP contribution in [0, 0.1) is 12.8 Å². The second kappa shape index (κ2) is 5.71. The molecule has 0 spiro atoms. The quantitative estimate of drug-likeness (QED) is 0.795. The van der Waals surface area contributed by atoms with Crippen molar-refractivity contribution in [1.82, 2.24) is 19.7 Å². The van der Waals surface area contributed by atoms with Crippen LogP contribution >= 0.6 is 11.8 Å². The highest BCUT2D eigenvalue weighted by molar-refractivity contribution is 7.99. The van der Waals surface area contributed by atoms with Gasteiger partial charge >= 0.3 is 5.97 Å². The van der Waals surface area contributed by atoms with Gasteiger partial charge in [-0.25, -0.2) is 0 Å². The normalized spacial score (nSPS) is 20.4. The van der Waals surface area contributed by atoms with Gasteiger partial charge in [-0.3, -0.25) is 4.79 Å². The maximum absolute atomic E-state index is 10.6. The summed E-state index contributed by atoms with van der Waals surface area (Å²) >= 11 is 1.24. The summed E-state index contributed by atoms with van der Waals surface area (Å²) in [5.41, 5.74) is 0. The van der Waals surface area contributed by atoms with Crippen LogP contribution in [0.1, 0.15) is 12.2 Å². The van der Waals surface area contributed by atoms with Gasteiger partial charge in [0.25, 0.3) is 0 Å². The zero-order valence-electron chi connectivity index (χ0n) is 10.7. The SMILES string of the molecule is Cc1nnc(SCC(=O)O)n1CC1CCN(C)C1. The smallest absolute Gasteiger partial charge is 0.313 e. The summed E-state index contributed by atoms with van der Waals surface area (Å²) < 4.78 is 2.04. The fraction of sp³-hybridized carbons (Fsp3) is 0.727. The standard InChI is InChI=1S/C11H18N4O2S/c1-8-12-13-11(18-7-10(16)17)15(8)6-9-3-4-14(2)5-9/h9H,3-7H2,1-2H3,(H,16,17). The maximum Gasteiger partial charge on any atom is 0.313 e. The lowest BCUT2D eigenvalue weighted by Gasteiger charge is -2.13. The molecule has 1 aliphatic rings. The fourth-order valence-corrected chi connectivity index (χ4v) is 2.95. The fourth-order valence-electron chi connectivity index (χ4n) is 2.24. The summed E-state index contributed by atoms with van der Waals surface area (Å²) in [7, 11) is 2.12. The molecule has 0 aromatic carbocycles. The van der Waals surface area contributed by atoms with Gasteiger partial charge in [0.05, 0.1) is 5.75 Å². The lowest BCUT2D eigenvalue weighted by molar-refractivity contribution is -0.133. The zero-order chi connectivity index (χ0) is 13.1. The Kier molecular flexibility index (Phi) is 4.23. The van der Waals surface area contributed by atoms with Gasteiger partial charge in [-0.15, -0.1) is 10.2 Å². The number of hydrogen-bond acceptors (Lipinski definition) is 5. The Morgan fingerprint density at radius 3 is 2.94 bits per heavy atom. The Balaban J connectivity index is 2.02. The van der Waals surface area contributed by atoms with E-state index in [9.17, 15) is 4.79 Å². The number of likely N-dealkylation sites (tertiary alicyclic amines) is 1. The Bertz CT molecular complexity index is 435. The first kappa shape index (κ1) is 13.4. The van der Waals surface area contributed by atoms with Gasteiger partial charge in [0, 0.05) is 13.1 Å². The van der Waals surface area contributed by atoms with Crippen molar-refractivity contribution in [3.8, 4) is 0 Å². The van der Waals surface area contributed by atoms with E-state index in [1.807, 2.05) is 11.5 Å². The van der Waals surface area contributed by atoms with Crippen molar-refractivity contribution in [3.05, 3.63) is 5.82 Å². The van der Waals surface area contributed by atoms with Crippen LogP contribution in [0.3, 0.4) is 0 Å². The molecule has 1 atom stereocenters. The molecule has 0 bridgehead atoms. The van der Waals surface area contributed by atoms with Crippen LogP contribution in [-0.4, -0.2) is 56.6 Å². The maximum atomic E-state index is 10.6. The Morgan fingerprint density at radius 1 is 1.56 bits per heavy atom. The molecule has 100 valence electrons. The average molecular weight is 270 g/mol. The van der Waals surface area contributed by atoms with Crippen LogP contribution in [0.25, 0.3) is 0 Å². The molecule has 1 aromatic rings. The molecule has 18 heavy (non-hydrogen) atoms. The summed E-state index contributed by atoms with van der Waals surface area (Å²) in [6, 6.07) is 0. The van der Waals surface area contributed by atoms with E-state index in [4.69, 9.17) is 5.11 Å². The van der Waals surface area contributed by atoms with E-state index in [-0.39, 0.29) is 5.75 Å². The second-order valence-electron chi connectivity index (χ2n) is 4.74. The van der Waals surface area contributed by atoms with Crippen molar-refractivity contribution in [3.63, 3.8) is 0 Å². The van der Waals surface area contributed by atoms with Crippen LogP contribution in [0.15, 0.2) is 5.16 Å². The summed E-state index contributed by atoms with van der Waals surface area (Å²) in [5.74, 6) is 0.669. The Morgan fingerprint density at radius 2 is 2.33 bits per heavy atom. The van der Waals surface area contributed by atoms with Gasteiger partial charge in [0.15, 0.2) is 5.16 Å². The Labute approximate surface area is 110 Å². The predicted octanol–water partition coefficient (Wildman–Crippen LogP) is 0.715. The van der Waals surface area contributed by atoms with E-state index >= 15 is 0 Å². The summed E-state index contributed by atoms with van der Waals surface area (Å²) in [4.78, 5) is 12.9. The molecular formula is C11H18N4O2S. The lowest BCUT2D eigenvalue weighted by Crippen LogP contribution is -2.18. The molecule has 1 N–H and O–H groups in total. The first-order valence-electron chi connectivity index (χ1n) is 5.99. The third kappa shape index (κ3) is 3.23. The topological polar surface area (TPSA) is 71.2 Å². The van der Waals surface area contributed by atoms with Crippen molar-refractivity contribution in [2.45, 2.75) is 25.0 Å². The van der Waals surface area contributed by atoms with Crippen LogP contribution in [0.5, 0.6) is 0 Å². The van der Waals surface area contributed by atoms with Crippen molar-refractivity contribution in [2.24, 2.45) is 5.92 Å². The van der Waals surface area contributed by atoms with Crippen LogP contribution in [-0.2, 0) is 11.3 Å². The molecule has 6 nitrogen and oxygen atoms in total. The number of rotatable bonds is 5. The third-order valence-electron chi connectivity index (χ3n) is 3.16. The number of nitrogens with zero attached hydrogens (tertiary/aromatic N) is 4. The molecule has 0 amide bonds. The first-order valence-corrected chi connectivity index (χ1v) is 6.97. The lowest BCUT2D eigenvalue weighted by atomic mass is 10.1. The van der Waals surface area contributed by atoms with Gasteiger partial charge in [0.1, 0.15) is 5.82 Å². The largest absolute Gasteiger partial charge is 0.481 e. The Hall–Kier alpha value is -1.08. The van der Waals surface area contributed by atoms with Crippen LogP contribution < -0.4 is 0 Å². The van der Waals surface area contributed by atoms with Gasteiger partial charge in [-0.1, -0.05) is 11.8 Å². The van der Waals surface area contributed by atoms with Crippen molar-refractivity contribution in [2.75, 3.05) is 25.9 Å². The molecule has 0 saturated carbocycles. The number of thioether (sulfide) groups is 1. The van der Waals surface area contributed by atoms with E-state index in [1.54, 1.807) is 0 Å². The number of aromatic nitrogens is 3. The van der Waals surface area contributed by atoms with Crippen LogP contribution in [0.4, 0.5) is 0 Å². The van der Waals surface area contributed by atoms with E-state index in [1.165, 1.54) is 18.2 Å². The van der Waals surface area contributed by atoms with E-state index in [0.29, 0.717) is 11.1 Å². The van der Waals surface area contributed by atoms with Gasteiger partial charge < -0.3 is 14.6 Å². The molecule has 1 aromatic heterocycles. The summed E-state index contributed by atoms with van der Waals surface area (Å²) in [6.07, 6.45) is 1.18. The number of carboxylic acid groups (broad SMARTS) is 1. The van der Waals surface area contributed by atoms with Gasteiger partial charge in [-0.2, -0.15) is 0 Å². The highest BCUT2D eigenvalue weighted by atomic mass is 32.2. The molecule has 1 aliphatic heterocycles. The molecule has 2 rings (SSSR count). The summed E-state index contributed by atoms with van der Waals surface area (Å²) in [6.45, 7) is 5.01. The highest BCUT2D eigenvalue weighted by Crippen LogP contribution is 2.22. The van der Waals surface area contributed by atoms with Crippen molar-refractivity contribution in [1.29, 1.82) is 0 Å².